The Morgan fingerprint density at radius 3 is 2.73 bits per heavy atom. The maximum atomic E-state index is 12.1. The monoisotopic (exact) mass is 356 g/mol. The van der Waals surface area contributed by atoms with Crippen molar-refractivity contribution in [3.8, 4) is 11.3 Å². The molecule has 110 valence electrons. The van der Waals surface area contributed by atoms with Gasteiger partial charge in [-0.05, 0) is 29.8 Å². The summed E-state index contributed by atoms with van der Waals surface area (Å²) in [4.78, 5) is 16.0. The lowest BCUT2D eigenvalue weighted by Gasteiger charge is -2.07. The number of carbonyl (C=O) groups is 1. The summed E-state index contributed by atoms with van der Waals surface area (Å²) in [6.45, 7) is 0. The molecule has 1 heterocycles. The number of nitrogens with zero attached hydrogens (tertiary/aromatic N) is 1. The molecule has 22 heavy (non-hydrogen) atoms. The van der Waals surface area contributed by atoms with Gasteiger partial charge in [-0.15, -0.1) is 0 Å². The van der Waals surface area contributed by atoms with Crippen LogP contribution in [0.15, 0.2) is 70.0 Å². The van der Waals surface area contributed by atoms with E-state index in [9.17, 15) is 4.79 Å². The fourth-order valence-corrected chi connectivity index (χ4v) is 2.37. The van der Waals surface area contributed by atoms with Crippen molar-refractivity contribution >= 4 is 27.5 Å². The van der Waals surface area contributed by atoms with Crippen LogP contribution in [0, 0.1) is 0 Å². The van der Waals surface area contributed by atoms with Crippen LogP contribution in [0.1, 0.15) is 5.56 Å². The fourth-order valence-electron chi connectivity index (χ4n) is 2.10. The van der Waals surface area contributed by atoms with Gasteiger partial charge in [0, 0.05) is 15.7 Å². The number of benzene rings is 2. The van der Waals surface area contributed by atoms with Crippen LogP contribution in [0.25, 0.3) is 11.3 Å². The smallest absolute Gasteiger partial charge is 0.228 e. The highest BCUT2D eigenvalue weighted by Crippen LogP contribution is 2.22. The third kappa shape index (κ3) is 3.62. The zero-order valence-electron chi connectivity index (χ0n) is 11.6. The number of amides is 1. The zero-order chi connectivity index (χ0) is 15.4. The lowest BCUT2D eigenvalue weighted by Crippen LogP contribution is -2.14. The molecule has 0 aliphatic carbocycles. The van der Waals surface area contributed by atoms with Crippen LogP contribution in [0.2, 0.25) is 0 Å². The second-order valence-corrected chi connectivity index (χ2v) is 5.71. The molecule has 3 rings (SSSR count). The Morgan fingerprint density at radius 1 is 1.18 bits per heavy atom. The summed E-state index contributed by atoms with van der Waals surface area (Å²) < 4.78 is 6.25. The van der Waals surface area contributed by atoms with Gasteiger partial charge in [0.1, 0.15) is 0 Å². The summed E-state index contributed by atoms with van der Waals surface area (Å²) >= 11 is 3.38. The maximum absolute atomic E-state index is 12.1. The summed E-state index contributed by atoms with van der Waals surface area (Å²) in [7, 11) is 0. The average Bonchev–Trinajstić information content (AvgIpc) is 3.04. The Bertz CT molecular complexity index is 768. The Kier molecular flexibility index (Phi) is 4.34. The largest absolute Gasteiger partial charge is 0.444 e. The first kappa shape index (κ1) is 14.5. The van der Waals surface area contributed by atoms with Crippen molar-refractivity contribution in [2.45, 2.75) is 6.42 Å². The third-order valence-corrected chi connectivity index (χ3v) is 3.67. The summed E-state index contributed by atoms with van der Waals surface area (Å²) in [6.07, 6.45) is 3.36. The predicted molar refractivity (Wildman–Crippen MR) is 88.4 cm³/mol. The molecular weight excluding hydrogens is 344 g/mol. The molecule has 1 aromatic heterocycles. The molecule has 0 saturated carbocycles. The Morgan fingerprint density at radius 2 is 2.00 bits per heavy atom. The Labute approximate surface area is 136 Å². The minimum atomic E-state index is -0.0583. The molecular formula is C17H13BrN2O2. The topological polar surface area (TPSA) is 55.1 Å². The summed E-state index contributed by atoms with van der Waals surface area (Å²) in [5, 5.41) is 2.89. The lowest BCUT2D eigenvalue weighted by molar-refractivity contribution is -0.115. The molecule has 0 aliphatic rings. The van der Waals surface area contributed by atoms with Gasteiger partial charge in [-0.25, -0.2) is 4.98 Å². The van der Waals surface area contributed by atoms with Crippen molar-refractivity contribution in [2.24, 2.45) is 0 Å². The van der Waals surface area contributed by atoms with Crippen molar-refractivity contribution in [1.82, 2.24) is 4.98 Å². The number of hydrogen-bond donors (Lipinski definition) is 1. The van der Waals surface area contributed by atoms with Gasteiger partial charge in [0.15, 0.2) is 12.2 Å². The van der Waals surface area contributed by atoms with Gasteiger partial charge in [0.25, 0.3) is 0 Å². The number of carbonyl (C=O) groups excluding carboxylic acids is 1. The van der Waals surface area contributed by atoms with Crippen LogP contribution < -0.4 is 5.32 Å². The highest BCUT2D eigenvalue weighted by Gasteiger charge is 2.06. The van der Waals surface area contributed by atoms with E-state index in [1.165, 1.54) is 6.39 Å². The minimum absolute atomic E-state index is 0.0583. The van der Waals surface area contributed by atoms with Crippen LogP contribution >= 0.6 is 15.9 Å². The van der Waals surface area contributed by atoms with E-state index in [4.69, 9.17) is 4.42 Å². The van der Waals surface area contributed by atoms with Gasteiger partial charge in [-0.3, -0.25) is 4.79 Å². The lowest BCUT2D eigenvalue weighted by atomic mass is 10.1. The predicted octanol–water partition coefficient (Wildman–Crippen LogP) is 4.29. The minimum Gasteiger partial charge on any atom is -0.444 e. The normalized spacial score (nSPS) is 10.4. The number of nitrogens with one attached hydrogen (secondary N) is 1. The first-order valence-electron chi connectivity index (χ1n) is 6.74. The number of anilines is 1. The van der Waals surface area contributed by atoms with E-state index in [0.717, 1.165) is 21.3 Å². The van der Waals surface area contributed by atoms with E-state index in [1.807, 2.05) is 48.5 Å². The quantitative estimate of drug-likeness (QED) is 0.758. The van der Waals surface area contributed by atoms with Gasteiger partial charge in [0.2, 0.25) is 5.91 Å². The van der Waals surface area contributed by atoms with Gasteiger partial charge in [0.05, 0.1) is 12.6 Å². The molecule has 0 spiro atoms. The summed E-state index contributed by atoms with van der Waals surface area (Å²) in [5.74, 6) is 0.612. The number of halogens is 1. The summed E-state index contributed by atoms with van der Waals surface area (Å²) in [5.41, 5.74) is 2.57. The van der Waals surface area contributed by atoms with Gasteiger partial charge >= 0.3 is 0 Å². The number of aromatic nitrogens is 1. The highest BCUT2D eigenvalue weighted by molar-refractivity contribution is 9.10. The van der Waals surface area contributed by atoms with Crippen LogP contribution in [0.3, 0.4) is 0 Å². The first-order valence-corrected chi connectivity index (χ1v) is 7.53. The molecule has 2 aromatic carbocycles. The van der Waals surface area contributed by atoms with E-state index < -0.39 is 0 Å². The van der Waals surface area contributed by atoms with Crippen LogP contribution in [0.5, 0.6) is 0 Å². The second kappa shape index (κ2) is 6.58. The zero-order valence-corrected chi connectivity index (χ0v) is 13.2. The molecule has 0 atom stereocenters. The molecule has 0 fully saturated rings. The molecule has 5 heteroatoms. The molecule has 1 amide bonds. The SMILES string of the molecule is O=C(Cc1ccc(Br)cc1)Nc1cccc(-c2cnco2)c1. The van der Waals surface area contributed by atoms with Crippen molar-refractivity contribution in [2.75, 3.05) is 5.32 Å². The number of rotatable bonds is 4. The number of oxazole rings is 1. The standard InChI is InChI=1S/C17H13BrN2O2/c18-14-6-4-12(5-7-14)8-17(21)20-15-3-1-2-13(9-15)16-10-19-11-22-16/h1-7,9-11H,8H2,(H,20,21). The van der Waals surface area contributed by atoms with Crippen LogP contribution in [-0.4, -0.2) is 10.9 Å². The molecule has 0 unspecified atom stereocenters. The maximum Gasteiger partial charge on any atom is 0.228 e. The Balaban J connectivity index is 1.69. The summed E-state index contributed by atoms with van der Waals surface area (Å²) in [6, 6.07) is 15.2. The van der Waals surface area contributed by atoms with Gasteiger partial charge in [-0.1, -0.05) is 40.2 Å². The average molecular weight is 357 g/mol. The molecule has 0 saturated heterocycles. The van der Waals surface area contributed by atoms with Crippen molar-refractivity contribution in [3.05, 3.63) is 71.2 Å². The van der Waals surface area contributed by atoms with Crippen molar-refractivity contribution < 1.29 is 9.21 Å². The van der Waals surface area contributed by atoms with Crippen LogP contribution in [-0.2, 0) is 11.2 Å². The van der Waals surface area contributed by atoms with E-state index >= 15 is 0 Å². The molecule has 1 N–H and O–H groups in total. The van der Waals surface area contributed by atoms with E-state index in [1.54, 1.807) is 6.20 Å². The Hall–Kier alpha value is -2.40. The van der Waals surface area contributed by atoms with Crippen molar-refractivity contribution in [3.63, 3.8) is 0 Å². The first-order chi connectivity index (χ1) is 10.7. The fraction of sp³-hybridized carbons (Fsp3) is 0.0588. The van der Waals surface area contributed by atoms with Crippen LogP contribution in [0.4, 0.5) is 5.69 Å². The highest BCUT2D eigenvalue weighted by atomic mass is 79.9. The van der Waals surface area contributed by atoms with Crippen molar-refractivity contribution in [1.29, 1.82) is 0 Å². The van der Waals surface area contributed by atoms with Gasteiger partial charge < -0.3 is 9.73 Å². The van der Waals surface area contributed by atoms with E-state index in [-0.39, 0.29) is 5.91 Å². The van der Waals surface area contributed by atoms with E-state index in [0.29, 0.717) is 12.2 Å². The second-order valence-electron chi connectivity index (χ2n) is 4.80. The van der Waals surface area contributed by atoms with E-state index in [2.05, 4.69) is 26.2 Å². The third-order valence-electron chi connectivity index (χ3n) is 3.14. The number of hydrogen-bond acceptors (Lipinski definition) is 3. The molecule has 0 radical (unpaired) electrons. The molecule has 0 bridgehead atoms. The molecule has 3 aromatic rings. The molecule has 4 nitrogen and oxygen atoms in total. The van der Waals surface area contributed by atoms with Gasteiger partial charge in [-0.2, -0.15) is 0 Å². The molecule has 0 aliphatic heterocycles.